The second kappa shape index (κ2) is 11.7. The van der Waals surface area contributed by atoms with Crippen molar-refractivity contribution in [3.8, 4) is 0 Å². The van der Waals surface area contributed by atoms with Gasteiger partial charge in [-0.2, -0.15) is 0 Å². The Morgan fingerprint density at radius 1 is 1.08 bits per heavy atom. The fourth-order valence-electron chi connectivity index (χ4n) is 2.89. The molecule has 1 aromatic heterocycles. The van der Waals surface area contributed by atoms with Gasteiger partial charge in [0, 0.05) is 18.9 Å². The second-order valence-corrected chi connectivity index (χ2v) is 6.50. The number of aromatic nitrogens is 1. The van der Waals surface area contributed by atoms with Gasteiger partial charge in [0.1, 0.15) is 0 Å². The molecule has 0 saturated heterocycles. The zero-order chi connectivity index (χ0) is 18.6. The van der Waals surface area contributed by atoms with Gasteiger partial charge in [0.15, 0.2) is 2.82 Å². The summed E-state index contributed by atoms with van der Waals surface area (Å²) in [5, 5.41) is 1.48. The van der Waals surface area contributed by atoms with Crippen molar-refractivity contribution in [1.29, 1.82) is 0 Å². The van der Waals surface area contributed by atoms with E-state index in [1.165, 1.54) is 68.1 Å². The lowest BCUT2D eigenvalue weighted by Gasteiger charge is -2.03. The van der Waals surface area contributed by atoms with E-state index < -0.39 is 0 Å². The van der Waals surface area contributed by atoms with Crippen LogP contribution in [-0.2, 0) is 0 Å². The van der Waals surface area contributed by atoms with Crippen LogP contribution >= 0.6 is 0 Å². The molecule has 0 aromatic carbocycles. The van der Waals surface area contributed by atoms with Crippen molar-refractivity contribution in [2.24, 2.45) is 4.99 Å². The molecule has 24 heavy (non-hydrogen) atoms. The van der Waals surface area contributed by atoms with E-state index in [1.54, 1.807) is 12.4 Å². The first-order valence-electron chi connectivity index (χ1n) is 10.5. The van der Waals surface area contributed by atoms with E-state index in [2.05, 4.69) is 11.9 Å². The summed E-state index contributed by atoms with van der Waals surface area (Å²) < 4.78 is 15.8. The average Bonchev–Trinajstić information content (AvgIpc) is 3.25. The van der Waals surface area contributed by atoms with E-state index in [9.17, 15) is 0 Å². The van der Waals surface area contributed by atoms with Crippen LogP contribution in [-0.4, -0.2) is 17.2 Å². The molecule has 0 saturated carbocycles. The molecule has 1 aliphatic rings. The Bertz CT molecular complexity index is 617. The molecule has 0 fully saturated rings. The van der Waals surface area contributed by atoms with Crippen LogP contribution in [0.1, 0.15) is 76.8 Å². The van der Waals surface area contributed by atoms with Crippen LogP contribution in [0.3, 0.4) is 0 Å². The zero-order valence-corrected chi connectivity index (χ0v) is 15.1. The van der Waals surface area contributed by atoms with Crippen LogP contribution in [0.2, 0.25) is 2.82 Å². The molecule has 2 rings (SSSR count). The van der Waals surface area contributed by atoms with Gasteiger partial charge in [-0.05, 0) is 30.7 Å². The minimum absolute atomic E-state index is 0.744. The second-order valence-electron chi connectivity index (χ2n) is 6.50. The lowest BCUT2D eigenvalue weighted by molar-refractivity contribution is 0.553. The van der Waals surface area contributed by atoms with Crippen molar-refractivity contribution in [2.45, 2.75) is 71.1 Å². The van der Waals surface area contributed by atoms with E-state index in [4.69, 9.17) is 2.82 Å². The first-order valence-corrected chi connectivity index (χ1v) is 9.62. The van der Waals surface area contributed by atoms with Gasteiger partial charge in [-0.3, -0.25) is 0 Å². The van der Waals surface area contributed by atoms with Gasteiger partial charge in [-0.1, -0.05) is 64.7 Å². The monoisotopic (exact) mass is 329 g/mol. The standard InChI is InChI=1S/C21H33N3/c1-2-3-4-5-6-7-8-9-10-11-16-22-18-19-14-15-21(24-19)20-13-12-17-23-20/h12-15,17-18,22-23H,2-11,16H2,1H3/b19-18-/i/hD2. The van der Waals surface area contributed by atoms with Gasteiger partial charge in [0.25, 0.3) is 0 Å². The number of allylic oxidation sites excluding steroid dienone is 2. The van der Waals surface area contributed by atoms with Gasteiger partial charge in [-0.15, -0.1) is 0 Å². The topological polar surface area (TPSA) is 40.2 Å². The average molecular weight is 330 g/mol. The Morgan fingerprint density at radius 3 is 2.46 bits per heavy atom. The summed E-state index contributed by atoms with van der Waals surface area (Å²) in [7, 11) is 0. The van der Waals surface area contributed by atoms with Crippen LogP contribution in [0.15, 0.2) is 47.4 Å². The number of nitrogens with one attached hydrogen (secondary N) is 2. The Balaban J connectivity index is 1.57. The van der Waals surface area contributed by atoms with Crippen LogP contribution < -0.4 is 5.31 Å². The summed E-state index contributed by atoms with van der Waals surface area (Å²) in [4.78, 5) is 5.81. The third kappa shape index (κ3) is 7.20. The van der Waals surface area contributed by atoms with Crippen molar-refractivity contribution < 1.29 is 2.82 Å². The van der Waals surface area contributed by atoms with Gasteiger partial charge in [0.2, 0.25) is 0 Å². The molecular weight excluding hydrogens is 294 g/mol. The lowest BCUT2D eigenvalue weighted by Crippen LogP contribution is -2.07. The largest absolute Gasteiger partial charge is 0.389 e. The smallest absolute Gasteiger partial charge is 0.166 e. The van der Waals surface area contributed by atoms with Crippen LogP contribution in [0.4, 0.5) is 0 Å². The molecule has 1 aliphatic heterocycles. The molecule has 0 bridgehead atoms. The highest BCUT2D eigenvalue weighted by Gasteiger charge is 2.06. The third-order valence-electron chi connectivity index (χ3n) is 4.34. The highest BCUT2D eigenvalue weighted by atomic mass is 14.9. The molecule has 1 aromatic rings. The number of aliphatic imine (C=N–C) groups is 1. The maximum Gasteiger partial charge on any atom is 0.166 e. The Morgan fingerprint density at radius 2 is 1.79 bits per heavy atom. The van der Waals surface area contributed by atoms with Crippen molar-refractivity contribution in [3.05, 3.63) is 48.1 Å². The molecule has 0 amide bonds. The van der Waals surface area contributed by atoms with Crippen LogP contribution in [0, 0.1) is 0 Å². The number of unbranched alkanes of at least 4 members (excludes halogenated alkanes) is 9. The van der Waals surface area contributed by atoms with Gasteiger partial charge in [-0.25, -0.2) is 4.99 Å². The fraction of sp³-hybridized carbons (Fsp3) is 0.571. The maximum absolute atomic E-state index is 8.04. The maximum atomic E-state index is 8.04. The minimum atomic E-state index is 0.744. The van der Waals surface area contributed by atoms with E-state index in [0.29, 0.717) is 0 Å². The third-order valence-corrected chi connectivity index (χ3v) is 4.34. The van der Waals surface area contributed by atoms with Crippen molar-refractivity contribution in [2.75, 3.05) is 6.54 Å². The summed E-state index contributed by atoms with van der Waals surface area (Å²) in [6.45, 7) is 3.00. The predicted molar refractivity (Wildman–Crippen MR) is 104 cm³/mol. The number of H-pyrrole nitrogens is 1. The van der Waals surface area contributed by atoms with Gasteiger partial charge < -0.3 is 10.3 Å². The van der Waals surface area contributed by atoms with Crippen LogP contribution in [0.5, 0.6) is 0 Å². The minimum Gasteiger partial charge on any atom is -0.389 e. The van der Waals surface area contributed by atoms with Gasteiger partial charge >= 0.3 is 0 Å². The van der Waals surface area contributed by atoms with E-state index >= 15 is 0 Å². The molecule has 132 valence electrons. The Hall–Kier alpha value is -1.77. The summed E-state index contributed by atoms with van der Waals surface area (Å²) in [5.41, 5.74) is 2.34. The molecule has 0 unspecified atom stereocenters. The Kier molecular flexibility index (Phi) is 7.68. The van der Waals surface area contributed by atoms with Crippen molar-refractivity contribution in [1.82, 2.24) is 10.3 Å². The molecule has 0 aliphatic carbocycles. The summed E-state index contributed by atoms with van der Waals surface area (Å²) in [6, 6.07) is 3.71. The molecule has 3 nitrogen and oxygen atoms in total. The molecule has 3 heteroatoms. The van der Waals surface area contributed by atoms with Gasteiger partial charge in [0.05, 0.1) is 17.1 Å². The quantitative estimate of drug-likeness (QED) is 0.446. The molecule has 2 N–H and O–H groups in total. The summed E-state index contributed by atoms with van der Waals surface area (Å²) in [6.07, 6.45) is 20.4. The van der Waals surface area contributed by atoms with Crippen molar-refractivity contribution >= 4 is 5.71 Å². The highest BCUT2D eigenvalue weighted by Crippen LogP contribution is 2.13. The molecular formula is C21H33N3. The number of hydrogen-bond donors (Lipinski definition) is 2. The van der Waals surface area contributed by atoms with E-state index in [0.717, 1.165) is 30.1 Å². The van der Waals surface area contributed by atoms with E-state index in [1.807, 2.05) is 24.3 Å². The first kappa shape index (κ1) is 15.7. The number of nitrogens with zero attached hydrogens (tertiary/aromatic N) is 1. The number of rotatable bonds is 13. The Labute approximate surface area is 150 Å². The molecule has 2 heterocycles. The highest BCUT2D eigenvalue weighted by molar-refractivity contribution is 6.09. The van der Waals surface area contributed by atoms with Crippen LogP contribution in [0.25, 0.3) is 0 Å². The number of aromatic amines is 1. The predicted octanol–water partition coefficient (Wildman–Crippen LogP) is 5.73. The van der Waals surface area contributed by atoms with Crippen molar-refractivity contribution in [3.63, 3.8) is 0 Å². The normalized spacial score (nSPS) is 16.4. The fourth-order valence-corrected chi connectivity index (χ4v) is 2.89. The lowest BCUT2D eigenvalue weighted by atomic mass is 10.1. The van der Waals surface area contributed by atoms with E-state index in [-0.39, 0.29) is 0 Å². The summed E-state index contributed by atoms with van der Waals surface area (Å²) >= 11 is 0. The molecule has 0 spiro atoms. The first-order chi connectivity index (χ1) is 12.7. The number of hydrogen-bond acceptors (Lipinski definition) is 2. The summed E-state index contributed by atoms with van der Waals surface area (Å²) in [5.74, 6) is 0. The zero-order valence-electron chi connectivity index (χ0n) is 17.1. The molecule has 0 radical (unpaired) electrons. The molecule has 0 atom stereocenters. The SMILES string of the molecule is [2H]N(/C=C1/C=CC(c2cccn2[2H])=N1)CCCCCCCCCCCC.